The highest BCUT2D eigenvalue weighted by Crippen LogP contribution is 2.30. The molecule has 7 heteroatoms. The molecule has 1 aliphatic carbocycles. The largest absolute Gasteiger partial charge is 0.490 e. The minimum absolute atomic E-state index is 0.254. The smallest absolute Gasteiger partial charge is 0.119 e. The molecule has 1 N–H and O–H groups in total. The van der Waals surface area contributed by atoms with Gasteiger partial charge in [0, 0.05) is 50.1 Å². The zero-order chi connectivity index (χ0) is 22.2. The summed E-state index contributed by atoms with van der Waals surface area (Å²) in [5.74, 6) is 0.923. The number of hydrogen-bond acceptors (Lipinski definition) is 6. The summed E-state index contributed by atoms with van der Waals surface area (Å²) in [5.41, 5.74) is 3.47. The van der Waals surface area contributed by atoms with E-state index in [2.05, 4.69) is 58.2 Å². The molecule has 0 spiro atoms. The third-order valence-electron chi connectivity index (χ3n) is 6.41. The Bertz CT molecular complexity index is 798. The lowest BCUT2D eigenvalue weighted by Crippen LogP contribution is -2.42. The third kappa shape index (κ3) is 6.54. The average Bonchev–Trinajstić information content (AvgIpc) is 3.25. The number of H-pyrrole nitrogens is 1. The van der Waals surface area contributed by atoms with Crippen LogP contribution >= 0.6 is 0 Å². The van der Waals surface area contributed by atoms with Crippen LogP contribution in [0.1, 0.15) is 38.2 Å². The number of unbranched alkanes of at least 4 members (excludes halogenated alkanes) is 1. The molecule has 176 valence electrons. The summed E-state index contributed by atoms with van der Waals surface area (Å²) in [6, 6.07) is 8.36. The molecule has 1 saturated carbocycles. The second-order valence-electron chi connectivity index (χ2n) is 9.04. The van der Waals surface area contributed by atoms with Gasteiger partial charge in [0.25, 0.3) is 0 Å². The summed E-state index contributed by atoms with van der Waals surface area (Å²) in [6.07, 6.45) is 6.90. The predicted octanol–water partition coefficient (Wildman–Crippen LogP) is 3.57. The van der Waals surface area contributed by atoms with Crippen molar-refractivity contribution < 1.29 is 14.2 Å². The number of hydrogen-bond donors (Lipinski definition) is 1. The van der Waals surface area contributed by atoms with Crippen LogP contribution in [0.5, 0.6) is 5.75 Å². The highest BCUT2D eigenvalue weighted by Gasteiger charge is 2.31. The van der Waals surface area contributed by atoms with E-state index >= 15 is 0 Å². The zero-order valence-electron chi connectivity index (χ0n) is 19.6. The monoisotopic (exact) mass is 442 g/mol. The van der Waals surface area contributed by atoms with Crippen molar-refractivity contribution in [3.8, 4) is 17.0 Å². The van der Waals surface area contributed by atoms with Crippen molar-refractivity contribution in [3.05, 3.63) is 36.0 Å². The van der Waals surface area contributed by atoms with Gasteiger partial charge in [-0.1, -0.05) is 13.3 Å². The summed E-state index contributed by atoms with van der Waals surface area (Å²) in [7, 11) is 2.17. The number of aromatic nitrogens is 2. The van der Waals surface area contributed by atoms with E-state index in [0.29, 0.717) is 6.10 Å². The van der Waals surface area contributed by atoms with Gasteiger partial charge in [0.1, 0.15) is 11.9 Å². The maximum absolute atomic E-state index is 6.15. The van der Waals surface area contributed by atoms with Crippen molar-refractivity contribution in [1.82, 2.24) is 20.0 Å². The molecular weight excluding hydrogens is 404 g/mol. The Labute approximate surface area is 192 Å². The molecule has 0 amide bonds. The first kappa shape index (κ1) is 23.2. The molecule has 7 nitrogen and oxygen atoms in total. The molecule has 0 unspecified atom stereocenters. The predicted molar refractivity (Wildman–Crippen MR) is 126 cm³/mol. The number of nitrogens with zero attached hydrogens (tertiary/aromatic N) is 3. The van der Waals surface area contributed by atoms with E-state index in [1.807, 2.05) is 6.20 Å². The number of nitrogens with one attached hydrogen (secondary N) is 1. The van der Waals surface area contributed by atoms with Crippen LogP contribution in [0.2, 0.25) is 0 Å². The van der Waals surface area contributed by atoms with Gasteiger partial charge in [0.05, 0.1) is 37.8 Å². The Hall–Kier alpha value is -1.93. The SMILES string of the molecule is CCCCN(C)Cc1cn[nH]c1-c1ccc(OC2CC(OCCN3CCOCC3)C2)cc1. The first-order chi connectivity index (χ1) is 15.7. The van der Waals surface area contributed by atoms with Crippen LogP contribution in [-0.2, 0) is 16.0 Å². The molecule has 4 rings (SSSR count). The van der Waals surface area contributed by atoms with Crippen LogP contribution in [0, 0.1) is 0 Å². The molecule has 2 fully saturated rings. The zero-order valence-corrected chi connectivity index (χ0v) is 19.6. The second-order valence-corrected chi connectivity index (χ2v) is 9.04. The normalized spacial score (nSPS) is 21.6. The Balaban J connectivity index is 1.19. The molecule has 0 radical (unpaired) electrons. The quantitative estimate of drug-likeness (QED) is 0.542. The average molecular weight is 443 g/mol. The van der Waals surface area contributed by atoms with Crippen molar-refractivity contribution in [2.24, 2.45) is 0 Å². The first-order valence-corrected chi connectivity index (χ1v) is 12.1. The maximum atomic E-state index is 6.15. The van der Waals surface area contributed by atoms with Gasteiger partial charge < -0.3 is 19.1 Å². The summed E-state index contributed by atoms with van der Waals surface area (Å²) >= 11 is 0. The number of aromatic amines is 1. The van der Waals surface area contributed by atoms with E-state index in [9.17, 15) is 0 Å². The summed E-state index contributed by atoms with van der Waals surface area (Å²) < 4.78 is 17.5. The Kier molecular flexibility index (Phi) is 8.56. The third-order valence-corrected chi connectivity index (χ3v) is 6.41. The molecular formula is C25H38N4O3. The van der Waals surface area contributed by atoms with Gasteiger partial charge in [0.2, 0.25) is 0 Å². The van der Waals surface area contributed by atoms with Gasteiger partial charge in [0.15, 0.2) is 0 Å². The van der Waals surface area contributed by atoms with Crippen molar-refractivity contribution in [3.63, 3.8) is 0 Å². The highest BCUT2D eigenvalue weighted by atomic mass is 16.5. The molecule has 0 bridgehead atoms. The van der Waals surface area contributed by atoms with Crippen molar-refractivity contribution in [2.75, 3.05) is 53.0 Å². The van der Waals surface area contributed by atoms with Gasteiger partial charge in [-0.25, -0.2) is 0 Å². The van der Waals surface area contributed by atoms with Crippen LogP contribution in [0.15, 0.2) is 30.5 Å². The minimum Gasteiger partial charge on any atom is -0.490 e. The Morgan fingerprint density at radius 1 is 1.16 bits per heavy atom. The summed E-state index contributed by atoms with van der Waals surface area (Å²) in [6.45, 7) is 9.75. The van der Waals surface area contributed by atoms with Gasteiger partial charge in [-0.05, 0) is 44.3 Å². The molecule has 32 heavy (non-hydrogen) atoms. The highest BCUT2D eigenvalue weighted by molar-refractivity contribution is 5.63. The fraction of sp³-hybridized carbons (Fsp3) is 0.640. The molecule has 1 aromatic heterocycles. The molecule has 1 saturated heterocycles. The fourth-order valence-corrected chi connectivity index (χ4v) is 4.29. The van der Waals surface area contributed by atoms with E-state index in [1.54, 1.807) is 0 Å². The summed E-state index contributed by atoms with van der Waals surface area (Å²) in [4.78, 5) is 4.76. The molecule has 1 aliphatic heterocycles. The molecule has 2 aliphatic rings. The molecule has 2 aromatic rings. The van der Waals surface area contributed by atoms with Crippen molar-refractivity contribution in [2.45, 2.75) is 51.4 Å². The Morgan fingerprint density at radius 3 is 2.69 bits per heavy atom. The van der Waals surface area contributed by atoms with E-state index in [0.717, 1.165) is 82.4 Å². The standard InChI is InChI=1S/C25H38N4O3/c1-3-4-9-28(2)19-21-18-26-27-25(21)20-5-7-22(8-6-20)32-24-16-23(17-24)31-15-12-29-10-13-30-14-11-29/h5-8,18,23-24H,3-4,9-17,19H2,1-2H3,(H,26,27). The number of morpholine rings is 1. The van der Waals surface area contributed by atoms with Crippen LogP contribution in [0.3, 0.4) is 0 Å². The van der Waals surface area contributed by atoms with Crippen LogP contribution in [0.4, 0.5) is 0 Å². The van der Waals surface area contributed by atoms with Gasteiger partial charge >= 0.3 is 0 Å². The first-order valence-electron chi connectivity index (χ1n) is 12.1. The minimum atomic E-state index is 0.254. The van der Waals surface area contributed by atoms with E-state index < -0.39 is 0 Å². The van der Waals surface area contributed by atoms with Crippen LogP contribution in [0.25, 0.3) is 11.3 Å². The van der Waals surface area contributed by atoms with Gasteiger partial charge in [-0.3, -0.25) is 10.00 Å². The Morgan fingerprint density at radius 2 is 1.94 bits per heavy atom. The van der Waals surface area contributed by atoms with Crippen molar-refractivity contribution >= 4 is 0 Å². The van der Waals surface area contributed by atoms with Crippen molar-refractivity contribution in [1.29, 1.82) is 0 Å². The lowest BCUT2D eigenvalue weighted by Gasteiger charge is -2.36. The number of rotatable bonds is 12. The topological polar surface area (TPSA) is 62.9 Å². The molecule has 0 atom stereocenters. The number of ether oxygens (including phenoxy) is 3. The van der Waals surface area contributed by atoms with Gasteiger partial charge in [-0.15, -0.1) is 0 Å². The molecule has 2 heterocycles. The lowest BCUT2D eigenvalue weighted by molar-refractivity contribution is -0.0696. The van der Waals surface area contributed by atoms with Gasteiger partial charge in [-0.2, -0.15) is 5.10 Å². The van der Waals surface area contributed by atoms with Crippen LogP contribution < -0.4 is 4.74 Å². The van der Waals surface area contributed by atoms with Crippen LogP contribution in [-0.4, -0.2) is 85.3 Å². The second kappa shape index (κ2) is 11.8. The lowest BCUT2D eigenvalue weighted by atomic mass is 9.92. The molecule has 1 aromatic carbocycles. The van der Waals surface area contributed by atoms with E-state index in [-0.39, 0.29) is 6.10 Å². The van der Waals surface area contributed by atoms with E-state index in [4.69, 9.17) is 14.2 Å². The summed E-state index contributed by atoms with van der Waals surface area (Å²) in [5, 5.41) is 7.45. The fourth-order valence-electron chi connectivity index (χ4n) is 4.29. The number of benzene rings is 1. The maximum Gasteiger partial charge on any atom is 0.119 e. The van der Waals surface area contributed by atoms with E-state index in [1.165, 1.54) is 18.4 Å².